The van der Waals surface area contributed by atoms with Crippen LogP contribution in [0.5, 0.6) is 5.75 Å². The Morgan fingerprint density at radius 3 is 2.26 bits per heavy atom. The molecule has 0 fully saturated rings. The minimum atomic E-state index is -0.614. The lowest BCUT2D eigenvalue weighted by atomic mass is 10.1. The van der Waals surface area contributed by atoms with E-state index in [0.29, 0.717) is 12.4 Å². The van der Waals surface area contributed by atoms with Crippen molar-refractivity contribution in [1.29, 1.82) is 0 Å². The molecule has 0 saturated carbocycles. The molecule has 0 aliphatic carbocycles. The molecular formula is C13H12Cl2O4. The fourth-order valence-electron chi connectivity index (χ4n) is 1.29. The van der Waals surface area contributed by atoms with Gasteiger partial charge in [-0.25, -0.2) is 4.79 Å². The van der Waals surface area contributed by atoms with Gasteiger partial charge in [-0.15, -0.1) is 0 Å². The number of benzene rings is 1. The van der Waals surface area contributed by atoms with Crippen molar-refractivity contribution >= 4 is 35.0 Å². The molecular weight excluding hydrogens is 291 g/mol. The first-order valence-electron chi connectivity index (χ1n) is 5.41. The molecule has 0 radical (unpaired) electrons. The van der Waals surface area contributed by atoms with Gasteiger partial charge in [0, 0.05) is 11.6 Å². The molecule has 19 heavy (non-hydrogen) atoms. The minimum absolute atomic E-state index is 0.240. The van der Waals surface area contributed by atoms with Crippen LogP contribution in [-0.4, -0.2) is 25.5 Å². The first-order valence-corrected chi connectivity index (χ1v) is 6.17. The third kappa shape index (κ3) is 4.26. The molecule has 0 bridgehead atoms. The number of hydrogen-bond donors (Lipinski definition) is 0. The van der Waals surface area contributed by atoms with E-state index in [1.165, 1.54) is 19.2 Å². The van der Waals surface area contributed by atoms with Gasteiger partial charge in [-0.1, -0.05) is 23.2 Å². The standard InChI is InChI=1S/C13H12Cl2O4/c1-3-19-13-9(14)6-8(7-10(13)15)11(16)4-5-12(17)18-2/h4-7H,3H2,1-2H3/b5-4+. The molecule has 0 spiro atoms. The number of rotatable bonds is 5. The fraction of sp³-hybridized carbons (Fsp3) is 0.231. The zero-order valence-electron chi connectivity index (χ0n) is 10.4. The van der Waals surface area contributed by atoms with Crippen molar-refractivity contribution in [3.05, 3.63) is 39.9 Å². The van der Waals surface area contributed by atoms with Crippen molar-refractivity contribution in [2.75, 3.05) is 13.7 Å². The molecule has 4 nitrogen and oxygen atoms in total. The van der Waals surface area contributed by atoms with Gasteiger partial charge in [-0.3, -0.25) is 4.79 Å². The van der Waals surface area contributed by atoms with Crippen molar-refractivity contribution < 1.29 is 19.1 Å². The van der Waals surface area contributed by atoms with Crippen LogP contribution in [-0.2, 0) is 9.53 Å². The molecule has 0 amide bonds. The van der Waals surface area contributed by atoms with Gasteiger partial charge in [-0.2, -0.15) is 0 Å². The molecule has 0 unspecified atom stereocenters. The van der Waals surface area contributed by atoms with Crippen molar-refractivity contribution in [2.24, 2.45) is 0 Å². The highest BCUT2D eigenvalue weighted by Gasteiger charge is 2.12. The Hall–Kier alpha value is -1.52. The van der Waals surface area contributed by atoms with Crippen LogP contribution in [0, 0.1) is 0 Å². The van der Waals surface area contributed by atoms with Crippen LogP contribution in [0.15, 0.2) is 24.3 Å². The normalized spacial score (nSPS) is 10.5. The number of hydrogen-bond acceptors (Lipinski definition) is 4. The van der Waals surface area contributed by atoms with E-state index < -0.39 is 11.8 Å². The second-order valence-electron chi connectivity index (χ2n) is 3.42. The topological polar surface area (TPSA) is 52.6 Å². The van der Waals surface area contributed by atoms with Crippen LogP contribution < -0.4 is 4.74 Å². The van der Waals surface area contributed by atoms with E-state index in [0.717, 1.165) is 12.2 Å². The van der Waals surface area contributed by atoms with Crippen LogP contribution in [0.2, 0.25) is 10.0 Å². The second-order valence-corrected chi connectivity index (χ2v) is 4.24. The Kier molecular flexibility index (Phi) is 5.86. The summed E-state index contributed by atoms with van der Waals surface area (Å²) in [4.78, 5) is 22.7. The monoisotopic (exact) mass is 302 g/mol. The third-order valence-corrected chi connectivity index (χ3v) is 2.70. The smallest absolute Gasteiger partial charge is 0.330 e. The molecule has 6 heteroatoms. The molecule has 0 saturated heterocycles. The van der Waals surface area contributed by atoms with Gasteiger partial charge in [-0.05, 0) is 25.1 Å². The van der Waals surface area contributed by atoms with Crippen molar-refractivity contribution in [1.82, 2.24) is 0 Å². The van der Waals surface area contributed by atoms with Crippen LogP contribution in [0.3, 0.4) is 0 Å². The summed E-state index contributed by atoms with van der Waals surface area (Å²) in [5.41, 5.74) is 0.263. The number of carbonyl (C=O) groups is 2. The Bertz CT molecular complexity index is 500. The van der Waals surface area contributed by atoms with Gasteiger partial charge in [0.05, 0.1) is 23.8 Å². The Labute approximate surface area is 120 Å². The fourth-order valence-corrected chi connectivity index (χ4v) is 1.89. The van der Waals surface area contributed by atoms with Crippen LogP contribution in [0.1, 0.15) is 17.3 Å². The second kappa shape index (κ2) is 7.16. The van der Waals surface area contributed by atoms with Gasteiger partial charge in [0.15, 0.2) is 11.5 Å². The Balaban J connectivity index is 3.00. The quantitative estimate of drug-likeness (QED) is 0.476. The molecule has 102 valence electrons. The SMILES string of the molecule is CCOc1c(Cl)cc(C(=O)/C=C/C(=O)OC)cc1Cl. The van der Waals surface area contributed by atoms with Crippen LogP contribution >= 0.6 is 23.2 Å². The summed E-state index contributed by atoms with van der Waals surface area (Å²) in [6, 6.07) is 2.87. The van der Waals surface area contributed by atoms with Gasteiger partial charge in [0.1, 0.15) is 0 Å². The zero-order valence-corrected chi connectivity index (χ0v) is 11.9. The lowest BCUT2D eigenvalue weighted by Crippen LogP contribution is -2.00. The molecule has 0 aromatic heterocycles. The highest BCUT2D eigenvalue weighted by molar-refractivity contribution is 6.37. The number of carbonyl (C=O) groups excluding carboxylic acids is 2. The zero-order chi connectivity index (χ0) is 14.4. The summed E-state index contributed by atoms with van der Waals surface area (Å²) in [6.07, 6.45) is 2.12. The molecule has 1 aromatic rings. The number of allylic oxidation sites excluding steroid dienone is 1. The molecule has 0 heterocycles. The number of ether oxygens (including phenoxy) is 2. The minimum Gasteiger partial charge on any atom is -0.491 e. The maximum atomic E-state index is 11.8. The molecule has 0 aliphatic heterocycles. The van der Waals surface area contributed by atoms with E-state index in [9.17, 15) is 9.59 Å². The third-order valence-electron chi connectivity index (χ3n) is 2.14. The summed E-state index contributed by atoms with van der Waals surface area (Å²) in [6.45, 7) is 2.21. The summed E-state index contributed by atoms with van der Waals surface area (Å²) < 4.78 is 9.64. The predicted octanol–water partition coefficient (Wildman–Crippen LogP) is 3.30. The number of halogens is 2. The number of esters is 1. The molecule has 1 aromatic carbocycles. The van der Waals surface area contributed by atoms with Gasteiger partial charge >= 0.3 is 5.97 Å². The van der Waals surface area contributed by atoms with Crippen LogP contribution in [0.25, 0.3) is 0 Å². The highest BCUT2D eigenvalue weighted by atomic mass is 35.5. The number of methoxy groups -OCH3 is 1. The average Bonchev–Trinajstić information content (AvgIpc) is 2.39. The summed E-state index contributed by atoms with van der Waals surface area (Å²) in [5, 5.41) is 0.480. The Morgan fingerprint density at radius 1 is 1.21 bits per heavy atom. The van der Waals surface area contributed by atoms with E-state index in [-0.39, 0.29) is 15.6 Å². The Morgan fingerprint density at radius 2 is 1.79 bits per heavy atom. The van der Waals surface area contributed by atoms with Gasteiger partial charge < -0.3 is 9.47 Å². The summed E-state index contributed by atoms with van der Waals surface area (Å²) in [5.74, 6) is -0.687. The molecule has 0 N–H and O–H groups in total. The lowest BCUT2D eigenvalue weighted by Gasteiger charge is -2.09. The maximum absolute atomic E-state index is 11.8. The van der Waals surface area contributed by atoms with E-state index in [1.54, 1.807) is 6.92 Å². The van der Waals surface area contributed by atoms with Crippen LogP contribution in [0.4, 0.5) is 0 Å². The molecule has 0 aliphatic rings. The van der Waals surface area contributed by atoms with E-state index in [2.05, 4.69) is 4.74 Å². The summed E-state index contributed by atoms with van der Waals surface area (Å²) >= 11 is 11.9. The highest BCUT2D eigenvalue weighted by Crippen LogP contribution is 2.34. The van der Waals surface area contributed by atoms with Crippen molar-refractivity contribution in [3.8, 4) is 5.75 Å². The van der Waals surface area contributed by atoms with Gasteiger partial charge in [0.2, 0.25) is 0 Å². The first kappa shape index (κ1) is 15.5. The van der Waals surface area contributed by atoms with E-state index in [4.69, 9.17) is 27.9 Å². The lowest BCUT2D eigenvalue weighted by molar-refractivity contribution is -0.134. The largest absolute Gasteiger partial charge is 0.491 e. The van der Waals surface area contributed by atoms with Crippen molar-refractivity contribution in [2.45, 2.75) is 6.92 Å². The predicted molar refractivity (Wildman–Crippen MR) is 73.1 cm³/mol. The maximum Gasteiger partial charge on any atom is 0.330 e. The van der Waals surface area contributed by atoms with Crippen molar-refractivity contribution in [3.63, 3.8) is 0 Å². The average molecular weight is 303 g/mol. The molecule has 0 atom stereocenters. The summed E-state index contributed by atoms with van der Waals surface area (Å²) in [7, 11) is 1.22. The van der Waals surface area contributed by atoms with Gasteiger partial charge in [0.25, 0.3) is 0 Å². The first-order chi connectivity index (χ1) is 8.99. The van der Waals surface area contributed by atoms with E-state index in [1.807, 2.05) is 0 Å². The molecule has 1 rings (SSSR count). The number of ketones is 1. The van der Waals surface area contributed by atoms with E-state index >= 15 is 0 Å².